The van der Waals surface area contributed by atoms with Crippen molar-refractivity contribution in [3.8, 4) is 0 Å². The Hall–Kier alpha value is -7.74. The Morgan fingerprint density at radius 1 is 0.568 bits per heavy atom. The fourth-order valence-corrected chi connectivity index (χ4v) is 12.6. The first-order valence-corrected chi connectivity index (χ1v) is 27.4. The van der Waals surface area contributed by atoms with Crippen LogP contribution in [0.25, 0.3) is 23.3 Å². The van der Waals surface area contributed by atoms with Crippen LogP contribution in [0.15, 0.2) is 107 Å². The Bertz CT molecular complexity index is 3230. The zero-order valence-corrected chi connectivity index (χ0v) is 44.1. The predicted octanol–water partition coefficient (Wildman–Crippen LogP) is 7.86. The lowest BCUT2D eigenvalue weighted by Crippen LogP contribution is -2.31. The number of sulfonamides is 2. The van der Waals surface area contributed by atoms with E-state index in [1.165, 1.54) is 32.9 Å². The van der Waals surface area contributed by atoms with Gasteiger partial charge in [0.25, 0.3) is 43.7 Å². The summed E-state index contributed by atoms with van der Waals surface area (Å²) in [4.78, 5) is 62.2. The summed E-state index contributed by atoms with van der Waals surface area (Å²) < 4.78 is 57.9. The molecule has 74 heavy (non-hydrogen) atoms. The third-order valence-electron chi connectivity index (χ3n) is 13.4. The van der Waals surface area contributed by atoms with Crippen LogP contribution in [0.2, 0.25) is 0 Å². The number of amides is 4. The van der Waals surface area contributed by atoms with E-state index in [4.69, 9.17) is 0 Å². The Labute approximate surface area is 432 Å². The number of carbonyl (C=O) groups excluding carboxylic acids is 4. The number of fused-ring (bicyclic) bond motifs is 2. The molecule has 0 atom stereocenters. The highest BCUT2D eigenvalue weighted by Gasteiger charge is 2.32. The topological polar surface area (TPSA) is 226 Å². The second kappa shape index (κ2) is 21.8. The van der Waals surface area contributed by atoms with Crippen LogP contribution in [-0.4, -0.2) is 102 Å². The van der Waals surface area contributed by atoms with Crippen molar-refractivity contribution in [2.45, 2.75) is 64.2 Å². The number of aromatic amines is 2. The van der Waals surface area contributed by atoms with E-state index in [2.05, 4.69) is 36.1 Å². The van der Waals surface area contributed by atoms with Crippen molar-refractivity contribution in [1.29, 1.82) is 0 Å². The summed E-state index contributed by atoms with van der Waals surface area (Å²) in [6.07, 6.45) is 4.64. The molecule has 6 N–H and O–H groups in total. The number of carbonyl (C=O) groups is 4. The molecule has 4 heterocycles. The number of nitrogens with one attached hydrogen (secondary N) is 6. The van der Waals surface area contributed by atoms with Crippen LogP contribution in [0.5, 0.6) is 0 Å². The lowest BCUT2D eigenvalue weighted by molar-refractivity contribution is -0.111. The van der Waals surface area contributed by atoms with Gasteiger partial charge in [-0.1, -0.05) is 36.4 Å². The molecular formula is C55H61N9O8S2. The average molecular weight is 1040 g/mol. The van der Waals surface area contributed by atoms with Gasteiger partial charge < -0.3 is 36.1 Å². The summed E-state index contributed by atoms with van der Waals surface area (Å²) in [5.41, 5.74) is 8.08. The van der Waals surface area contributed by atoms with Gasteiger partial charge in [0.15, 0.2) is 0 Å². The van der Waals surface area contributed by atoms with Crippen LogP contribution in [0.3, 0.4) is 0 Å². The molecule has 0 aliphatic carbocycles. The van der Waals surface area contributed by atoms with Gasteiger partial charge in [-0.15, -0.1) is 0 Å². The van der Waals surface area contributed by atoms with Crippen molar-refractivity contribution in [2.75, 3.05) is 65.6 Å². The summed E-state index contributed by atoms with van der Waals surface area (Å²) in [5.74, 6) is -1.29. The molecule has 2 aromatic heterocycles. The molecule has 0 saturated heterocycles. The lowest BCUT2D eigenvalue weighted by atomic mass is 10.0. The van der Waals surface area contributed by atoms with Crippen molar-refractivity contribution in [3.05, 3.63) is 153 Å². The first-order chi connectivity index (χ1) is 35.3. The number of nitrogens with zero attached hydrogens (tertiary/aromatic N) is 3. The van der Waals surface area contributed by atoms with Crippen LogP contribution in [0, 0.1) is 27.7 Å². The maximum atomic E-state index is 13.8. The molecular weight excluding hydrogens is 979 g/mol. The smallest absolute Gasteiger partial charge is 0.264 e. The third-order valence-corrected chi connectivity index (χ3v) is 17.2. The number of rotatable bonds is 20. The molecule has 19 heteroatoms. The van der Waals surface area contributed by atoms with Gasteiger partial charge in [0.2, 0.25) is 0 Å². The van der Waals surface area contributed by atoms with Gasteiger partial charge in [0, 0.05) is 71.5 Å². The third kappa shape index (κ3) is 10.5. The van der Waals surface area contributed by atoms with Crippen molar-refractivity contribution in [1.82, 2.24) is 25.5 Å². The number of aromatic nitrogens is 2. The SMILES string of the molecule is CCN(c1ccccc1)S(=O)(=O)c1ccc2c(c1)/C(=C/c1[nH]c(C)c(C(=O)NCCCN(C)CCCNC(=O)c3c(C)[nH]c(/C=C4\C(=O)Nc5ccc(S(=O)(=O)N(CC)c6ccccc6)cc54)c3C)c1C)C(=O)N2. The van der Waals surface area contributed by atoms with Crippen molar-refractivity contribution >= 4 is 89.7 Å². The van der Waals surface area contributed by atoms with Crippen LogP contribution < -0.4 is 29.9 Å². The van der Waals surface area contributed by atoms with E-state index in [-0.39, 0.29) is 57.7 Å². The molecule has 8 rings (SSSR count). The van der Waals surface area contributed by atoms with Gasteiger partial charge in [-0.05, 0) is 158 Å². The number of aryl methyl sites for hydroxylation is 2. The van der Waals surface area contributed by atoms with E-state index in [9.17, 15) is 36.0 Å². The molecule has 2 aliphatic rings. The Balaban J connectivity index is 0.827. The Morgan fingerprint density at radius 2 is 0.946 bits per heavy atom. The molecule has 0 fully saturated rings. The summed E-state index contributed by atoms with van der Waals surface area (Å²) in [5, 5.41) is 11.7. The van der Waals surface area contributed by atoms with Crippen LogP contribution in [-0.2, 0) is 29.6 Å². The number of hydrogen-bond acceptors (Lipinski definition) is 9. The first kappa shape index (κ1) is 52.6. The average Bonchev–Trinajstić information content (AvgIpc) is 4.06. The van der Waals surface area contributed by atoms with Gasteiger partial charge >= 0.3 is 0 Å². The van der Waals surface area contributed by atoms with Gasteiger partial charge in [0.05, 0.1) is 43.4 Å². The molecule has 17 nitrogen and oxygen atoms in total. The molecule has 4 aromatic carbocycles. The number of anilines is 4. The van der Waals surface area contributed by atoms with Crippen molar-refractivity contribution < 1.29 is 36.0 Å². The number of benzene rings is 4. The summed E-state index contributed by atoms with van der Waals surface area (Å²) in [6, 6.07) is 26.8. The van der Waals surface area contributed by atoms with Crippen LogP contribution >= 0.6 is 0 Å². The van der Waals surface area contributed by atoms with Crippen molar-refractivity contribution in [3.63, 3.8) is 0 Å². The molecule has 0 unspecified atom stereocenters. The standard InChI is InChI=1S/C55H61N9O8S2/c1-8-63(38-18-12-10-13-19-38)73(69,70)40-22-24-46-42(30-40)44(52(65)60-46)32-48-34(3)50(36(5)58-48)54(67)56-26-16-28-62(7)29-17-27-57-55(68)51-35(4)49(59-37(51)6)33-45-43-31-41(23-25-47(43)61-53(45)66)74(71,72)64(9-2)39-20-14-11-15-21-39/h10-15,18-25,30-33,58-59H,8-9,16-17,26-29H2,1-7H3,(H,56,67)(H,57,68)(H,60,65)(H,61,66)/b44-32-,45-33-. The van der Waals surface area contributed by atoms with Gasteiger partial charge in [0.1, 0.15) is 0 Å². The number of para-hydroxylation sites is 2. The van der Waals surface area contributed by atoms with Crippen LogP contribution in [0.1, 0.15) is 92.4 Å². The minimum atomic E-state index is -3.95. The highest BCUT2D eigenvalue weighted by molar-refractivity contribution is 7.93. The molecule has 0 saturated carbocycles. The molecule has 386 valence electrons. The van der Waals surface area contributed by atoms with Crippen LogP contribution in [0.4, 0.5) is 22.7 Å². The molecule has 0 radical (unpaired) electrons. The summed E-state index contributed by atoms with van der Waals surface area (Å²) >= 11 is 0. The normalized spacial score (nSPS) is 14.3. The van der Waals surface area contributed by atoms with Gasteiger partial charge in [-0.25, -0.2) is 16.8 Å². The molecule has 0 spiro atoms. The van der Waals surface area contributed by atoms with E-state index in [1.807, 2.05) is 19.2 Å². The maximum absolute atomic E-state index is 13.8. The Kier molecular flexibility index (Phi) is 15.5. The fourth-order valence-electron chi connectivity index (χ4n) is 9.56. The molecule has 6 aromatic rings. The predicted molar refractivity (Wildman–Crippen MR) is 291 cm³/mol. The second-order valence-electron chi connectivity index (χ2n) is 18.3. The van der Waals surface area contributed by atoms with E-state index in [0.717, 1.165) is 0 Å². The highest BCUT2D eigenvalue weighted by Crippen LogP contribution is 2.39. The highest BCUT2D eigenvalue weighted by atomic mass is 32.2. The van der Waals surface area contributed by atoms with Gasteiger partial charge in [-0.2, -0.15) is 0 Å². The molecule has 0 bridgehead atoms. The zero-order valence-electron chi connectivity index (χ0n) is 42.5. The minimum Gasteiger partial charge on any atom is -0.358 e. The Morgan fingerprint density at radius 3 is 1.31 bits per heavy atom. The van der Waals surface area contributed by atoms with E-state index >= 15 is 0 Å². The zero-order chi connectivity index (χ0) is 53.1. The quantitative estimate of drug-likeness (QED) is 0.0323. The summed E-state index contributed by atoms with van der Waals surface area (Å²) in [6.45, 7) is 13.3. The lowest BCUT2D eigenvalue weighted by Gasteiger charge is -2.23. The number of hydrogen-bond donors (Lipinski definition) is 6. The van der Waals surface area contributed by atoms with E-state index < -0.39 is 20.0 Å². The first-order valence-electron chi connectivity index (χ1n) is 24.5. The number of H-pyrrole nitrogens is 2. The largest absolute Gasteiger partial charge is 0.358 e. The molecule has 2 aliphatic heterocycles. The van der Waals surface area contributed by atoms with Crippen molar-refractivity contribution in [2.24, 2.45) is 0 Å². The molecule has 4 amide bonds. The monoisotopic (exact) mass is 1040 g/mol. The maximum Gasteiger partial charge on any atom is 0.264 e. The second-order valence-corrected chi connectivity index (χ2v) is 22.0. The summed E-state index contributed by atoms with van der Waals surface area (Å²) in [7, 11) is -5.93. The van der Waals surface area contributed by atoms with E-state index in [1.54, 1.807) is 114 Å². The van der Waals surface area contributed by atoms with E-state index in [0.29, 0.717) is 118 Å². The fraction of sp³-hybridized carbons (Fsp3) is 0.273. The minimum absolute atomic E-state index is 0.0488. The van der Waals surface area contributed by atoms with Gasteiger partial charge in [-0.3, -0.25) is 27.8 Å².